The van der Waals surface area contributed by atoms with Crippen molar-refractivity contribution in [3.8, 4) is 5.75 Å². The van der Waals surface area contributed by atoms with E-state index < -0.39 is 0 Å². The maximum Gasteiger partial charge on any atom is 0.251 e. The van der Waals surface area contributed by atoms with Crippen molar-refractivity contribution in [3.05, 3.63) is 60.4 Å². The van der Waals surface area contributed by atoms with Gasteiger partial charge in [-0.25, -0.2) is 4.98 Å². The van der Waals surface area contributed by atoms with Gasteiger partial charge in [0, 0.05) is 48.8 Å². The normalized spacial score (nSPS) is 21.3. The number of anilines is 1. The predicted molar refractivity (Wildman–Crippen MR) is 123 cm³/mol. The third-order valence-electron chi connectivity index (χ3n) is 6.24. The van der Waals surface area contributed by atoms with Gasteiger partial charge in [0.2, 0.25) is 0 Å². The van der Waals surface area contributed by atoms with E-state index in [0.29, 0.717) is 5.56 Å². The van der Waals surface area contributed by atoms with Gasteiger partial charge in [0.25, 0.3) is 5.91 Å². The molecule has 7 nitrogen and oxygen atoms in total. The Labute approximate surface area is 187 Å². The number of hydrogen-bond acceptors (Lipinski definition) is 6. The van der Waals surface area contributed by atoms with Gasteiger partial charge in [0.15, 0.2) is 0 Å². The highest BCUT2D eigenvalue weighted by atomic mass is 16.5. The number of rotatable bonds is 5. The van der Waals surface area contributed by atoms with Gasteiger partial charge in [0.05, 0.1) is 24.8 Å². The zero-order chi connectivity index (χ0) is 21.8. The second-order valence-corrected chi connectivity index (χ2v) is 8.40. The van der Waals surface area contributed by atoms with E-state index in [9.17, 15) is 4.79 Å². The maximum atomic E-state index is 12.4. The Balaban J connectivity index is 1.25. The molecule has 1 aliphatic heterocycles. The summed E-state index contributed by atoms with van der Waals surface area (Å²) in [5.41, 5.74) is 3.44. The Bertz CT molecular complexity index is 1060. The summed E-state index contributed by atoms with van der Waals surface area (Å²) in [4.78, 5) is 23.8. The number of aromatic nitrogens is 2. The standard InChI is InChI=1S/C25H28N4O3/c30-25(18-4-2-1-3-5-18)28-19-6-8-21(9-7-19)32-23-17-20(29-12-14-31-15-13-29)16-22-24(23)27-11-10-26-22/h1-5,10-11,16-17,19,21H,6-9,12-15H2,(H,28,30). The molecule has 0 radical (unpaired) electrons. The number of amides is 1. The van der Waals surface area contributed by atoms with Gasteiger partial charge in [-0.2, -0.15) is 0 Å². The summed E-state index contributed by atoms with van der Waals surface area (Å²) in [6, 6.07) is 13.7. The fourth-order valence-electron chi connectivity index (χ4n) is 4.49. The van der Waals surface area contributed by atoms with Crippen molar-refractivity contribution in [2.45, 2.75) is 37.8 Å². The monoisotopic (exact) mass is 432 g/mol. The molecule has 1 aromatic heterocycles. The number of benzene rings is 2. The average Bonchev–Trinajstić information content (AvgIpc) is 2.86. The number of morpholine rings is 1. The summed E-state index contributed by atoms with van der Waals surface area (Å²) in [6.07, 6.45) is 7.11. The van der Waals surface area contributed by atoms with Gasteiger partial charge < -0.3 is 19.7 Å². The minimum atomic E-state index is -0.00514. The number of nitrogens with one attached hydrogen (secondary N) is 1. The lowest BCUT2D eigenvalue weighted by molar-refractivity contribution is 0.0895. The van der Waals surface area contributed by atoms with Crippen LogP contribution < -0.4 is 15.0 Å². The molecule has 0 unspecified atom stereocenters. The Hall–Kier alpha value is -3.19. The van der Waals surface area contributed by atoms with Crippen LogP contribution in [0.3, 0.4) is 0 Å². The molecule has 166 valence electrons. The van der Waals surface area contributed by atoms with Gasteiger partial charge in [-0.15, -0.1) is 0 Å². The van der Waals surface area contributed by atoms with Crippen molar-refractivity contribution < 1.29 is 14.3 Å². The van der Waals surface area contributed by atoms with E-state index in [1.54, 1.807) is 12.4 Å². The number of carbonyl (C=O) groups excluding carboxylic acids is 1. The summed E-state index contributed by atoms with van der Waals surface area (Å²) in [6.45, 7) is 3.18. The molecule has 2 aliphatic rings. The summed E-state index contributed by atoms with van der Waals surface area (Å²) >= 11 is 0. The molecule has 2 fully saturated rings. The fraction of sp³-hybridized carbons (Fsp3) is 0.400. The second-order valence-electron chi connectivity index (χ2n) is 8.40. The molecule has 1 N–H and O–H groups in total. The third kappa shape index (κ3) is 4.67. The fourth-order valence-corrected chi connectivity index (χ4v) is 4.49. The molecule has 1 aliphatic carbocycles. The lowest BCUT2D eigenvalue weighted by Gasteiger charge is -2.31. The smallest absolute Gasteiger partial charge is 0.251 e. The number of fused-ring (bicyclic) bond motifs is 1. The molecule has 1 saturated carbocycles. The molecule has 0 atom stereocenters. The highest BCUT2D eigenvalue weighted by Crippen LogP contribution is 2.33. The van der Waals surface area contributed by atoms with Crippen LogP contribution >= 0.6 is 0 Å². The van der Waals surface area contributed by atoms with E-state index in [1.165, 1.54) is 0 Å². The third-order valence-corrected chi connectivity index (χ3v) is 6.24. The molecular weight excluding hydrogens is 404 g/mol. The molecule has 1 saturated heterocycles. The number of nitrogens with zero attached hydrogens (tertiary/aromatic N) is 3. The summed E-state index contributed by atoms with van der Waals surface area (Å²) in [7, 11) is 0. The largest absolute Gasteiger partial charge is 0.488 e. The van der Waals surface area contributed by atoms with Crippen molar-refractivity contribution in [1.29, 1.82) is 0 Å². The van der Waals surface area contributed by atoms with E-state index >= 15 is 0 Å². The summed E-state index contributed by atoms with van der Waals surface area (Å²) in [5.74, 6) is 0.781. The lowest BCUT2D eigenvalue weighted by atomic mass is 9.92. The maximum absolute atomic E-state index is 12.4. The van der Waals surface area contributed by atoms with Gasteiger partial charge in [0.1, 0.15) is 11.3 Å². The van der Waals surface area contributed by atoms with Crippen molar-refractivity contribution in [3.63, 3.8) is 0 Å². The van der Waals surface area contributed by atoms with Crippen molar-refractivity contribution in [2.24, 2.45) is 0 Å². The Morgan fingerprint density at radius 1 is 1.00 bits per heavy atom. The van der Waals surface area contributed by atoms with E-state index in [1.807, 2.05) is 30.3 Å². The van der Waals surface area contributed by atoms with E-state index in [0.717, 1.165) is 74.5 Å². The number of carbonyl (C=O) groups is 1. The van der Waals surface area contributed by atoms with E-state index in [-0.39, 0.29) is 18.1 Å². The molecule has 2 heterocycles. The second kappa shape index (κ2) is 9.53. The van der Waals surface area contributed by atoms with Crippen molar-refractivity contribution in [2.75, 3.05) is 31.2 Å². The first-order valence-corrected chi connectivity index (χ1v) is 11.4. The first kappa shape index (κ1) is 20.7. The molecule has 5 rings (SSSR count). The lowest BCUT2D eigenvalue weighted by Crippen LogP contribution is -2.39. The van der Waals surface area contributed by atoms with Crippen LogP contribution in [-0.2, 0) is 4.74 Å². The molecule has 3 aromatic rings. The number of hydrogen-bond donors (Lipinski definition) is 1. The van der Waals surface area contributed by atoms with Gasteiger partial charge >= 0.3 is 0 Å². The SMILES string of the molecule is O=C(NC1CCC(Oc2cc(N3CCOCC3)cc3nccnc23)CC1)c1ccccc1. The van der Waals surface area contributed by atoms with Crippen molar-refractivity contribution in [1.82, 2.24) is 15.3 Å². The van der Waals surface area contributed by atoms with Crippen LogP contribution in [0.25, 0.3) is 11.0 Å². The zero-order valence-electron chi connectivity index (χ0n) is 18.1. The van der Waals surface area contributed by atoms with Crippen molar-refractivity contribution >= 4 is 22.6 Å². The first-order chi connectivity index (χ1) is 15.8. The van der Waals surface area contributed by atoms with Gasteiger partial charge in [-0.1, -0.05) is 18.2 Å². The minimum Gasteiger partial charge on any atom is -0.488 e. The van der Waals surface area contributed by atoms with Gasteiger partial charge in [-0.05, 0) is 43.9 Å². The quantitative estimate of drug-likeness (QED) is 0.664. The summed E-state index contributed by atoms with van der Waals surface area (Å²) in [5, 5.41) is 3.17. The molecular formula is C25H28N4O3. The molecule has 0 bridgehead atoms. The van der Waals surface area contributed by atoms with Crippen LogP contribution in [0.4, 0.5) is 5.69 Å². The summed E-state index contributed by atoms with van der Waals surface area (Å²) < 4.78 is 12.0. The number of ether oxygens (including phenoxy) is 2. The van der Waals surface area contributed by atoms with Gasteiger partial charge in [-0.3, -0.25) is 9.78 Å². The molecule has 32 heavy (non-hydrogen) atoms. The van der Waals surface area contributed by atoms with E-state index in [2.05, 4.69) is 32.3 Å². The van der Waals surface area contributed by atoms with Crippen LogP contribution in [0.2, 0.25) is 0 Å². The van der Waals surface area contributed by atoms with Crippen LogP contribution in [0.15, 0.2) is 54.9 Å². The van der Waals surface area contributed by atoms with Crippen LogP contribution in [0.5, 0.6) is 5.75 Å². The Kier molecular flexibility index (Phi) is 6.16. The molecule has 2 aromatic carbocycles. The predicted octanol–water partition coefficient (Wildman–Crippen LogP) is 3.59. The van der Waals surface area contributed by atoms with Crippen LogP contribution in [-0.4, -0.2) is 54.3 Å². The minimum absolute atomic E-state index is 0.00514. The van der Waals surface area contributed by atoms with E-state index in [4.69, 9.17) is 9.47 Å². The zero-order valence-corrected chi connectivity index (χ0v) is 18.1. The highest BCUT2D eigenvalue weighted by Gasteiger charge is 2.25. The Morgan fingerprint density at radius 2 is 1.75 bits per heavy atom. The first-order valence-electron chi connectivity index (χ1n) is 11.4. The van der Waals surface area contributed by atoms with Crippen LogP contribution in [0, 0.1) is 0 Å². The van der Waals surface area contributed by atoms with Crippen LogP contribution in [0.1, 0.15) is 36.0 Å². The Morgan fingerprint density at radius 3 is 2.53 bits per heavy atom. The molecule has 1 amide bonds. The topological polar surface area (TPSA) is 76.6 Å². The molecule has 7 heteroatoms. The highest BCUT2D eigenvalue weighted by molar-refractivity contribution is 5.94. The molecule has 0 spiro atoms. The average molecular weight is 433 g/mol.